The van der Waals surface area contributed by atoms with Crippen molar-refractivity contribution in [2.24, 2.45) is 0 Å². The second kappa shape index (κ2) is 6.65. The Hall–Kier alpha value is -2.44. The van der Waals surface area contributed by atoms with E-state index >= 15 is 0 Å². The predicted octanol–water partition coefficient (Wildman–Crippen LogP) is 1.91. The Morgan fingerprint density at radius 2 is 2.00 bits per heavy atom. The van der Waals surface area contributed by atoms with Crippen LogP contribution in [-0.2, 0) is 16.0 Å². The summed E-state index contributed by atoms with van der Waals surface area (Å²) in [6.45, 7) is 3.11. The minimum Gasteiger partial charge on any atom is -0.496 e. The van der Waals surface area contributed by atoms with Gasteiger partial charge in [-0.2, -0.15) is 0 Å². The third kappa shape index (κ3) is 3.53. The molecule has 0 fully saturated rings. The fraction of sp³-hybridized carbons (Fsp3) is 0.385. The number of rotatable bonds is 6. The summed E-state index contributed by atoms with van der Waals surface area (Å²) in [6, 6.07) is 2.43. The SMILES string of the molecule is CCOC(=O)c1cc(OC)c(CC(C)=O)c([N+](=O)[O-])c1. The zero-order valence-electron chi connectivity index (χ0n) is 11.5. The summed E-state index contributed by atoms with van der Waals surface area (Å²) in [5.41, 5.74) is -0.164. The molecule has 0 aliphatic carbocycles. The molecule has 0 saturated heterocycles. The Labute approximate surface area is 115 Å². The van der Waals surface area contributed by atoms with Gasteiger partial charge in [0.15, 0.2) is 0 Å². The normalized spacial score (nSPS) is 9.95. The van der Waals surface area contributed by atoms with Crippen molar-refractivity contribution in [3.05, 3.63) is 33.4 Å². The summed E-state index contributed by atoms with van der Waals surface area (Å²) in [5, 5.41) is 11.1. The third-order valence-corrected chi connectivity index (χ3v) is 2.54. The van der Waals surface area contributed by atoms with Crippen LogP contribution in [-0.4, -0.2) is 30.4 Å². The molecular formula is C13H15NO6. The van der Waals surface area contributed by atoms with Crippen molar-refractivity contribution in [2.45, 2.75) is 20.3 Å². The zero-order valence-corrected chi connectivity index (χ0v) is 11.5. The molecule has 20 heavy (non-hydrogen) atoms. The number of esters is 1. The largest absolute Gasteiger partial charge is 0.496 e. The van der Waals surface area contributed by atoms with Gasteiger partial charge in [-0.05, 0) is 19.9 Å². The third-order valence-electron chi connectivity index (χ3n) is 2.54. The molecule has 0 heterocycles. The van der Waals surface area contributed by atoms with Crippen LogP contribution in [0.15, 0.2) is 12.1 Å². The van der Waals surface area contributed by atoms with Crippen molar-refractivity contribution in [3.63, 3.8) is 0 Å². The number of carbonyl (C=O) groups is 2. The highest BCUT2D eigenvalue weighted by Gasteiger charge is 2.24. The van der Waals surface area contributed by atoms with Crippen LogP contribution >= 0.6 is 0 Å². The lowest BCUT2D eigenvalue weighted by atomic mass is 10.0. The first-order valence-electron chi connectivity index (χ1n) is 5.92. The minimum atomic E-state index is -0.678. The molecule has 0 aliphatic heterocycles. The lowest BCUT2D eigenvalue weighted by molar-refractivity contribution is -0.385. The molecule has 0 N–H and O–H groups in total. The average Bonchev–Trinajstić information content (AvgIpc) is 2.38. The smallest absolute Gasteiger partial charge is 0.338 e. The zero-order chi connectivity index (χ0) is 15.3. The lowest BCUT2D eigenvalue weighted by Gasteiger charge is -2.10. The van der Waals surface area contributed by atoms with E-state index in [1.807, 2.05) is 0 Å². The number of nitro benzene ring substituents is 1. The number of nitro groups is 1. The molecule has 1 aromatic carbocycles. The fourth-order valence-corrected chi connectivity index (χ4v) is 1.73. The second-order valence-corrected chi connectivity index (χ2v) is 4.03. The molecule has 0 radical (unpaired) electrons. The van der Waals surface area contributed by atoms with Crippen LogP contribution in [0.3, 0.4) is 0 Å². The van der Waals surface area contributed by atoms with Gasteiger partial charge < -0.3 is 9.47 Å². The van der Waals surface area contributed by atoms with Crippen molar-refractivity contribution < 1.29 is 24.0 Å². The molecule has 0 aromatic heterocycles. The summed E-state index contributed by atoms with van der Waals surface area (Å²) in [5.74, 6) is -0.795. The van der Waals surface area contributed by atoms with Gasteiger partial charge in [-0.3, -0.25) is 14.9 Å². The van der Waals surface area contributed by atoms with Crippen LogP contribution < -0.4 is 4.74 Å². The topological polar surface area (TPSA) is 95.7 Å². The first-order valence-corrected chi connectivity index (χ1v) is 5.92. The maximum absolute atomic E-state index is 11.7. The van der Waals surface area contributed by atoms with Crippen LogP contribution in [0.4, 0.5) is 5.69 Å². The maximum Gasteiger partial charge on any atom is 0.338 e. The van der Waals surface area contributed by atoms with Gasteiger partial charge in [-0.15, -0.1) is 0 Å². The number of ether oxygens (including phenoxy) is 2. The molecule has 0 amide bonds. The Morgan fingerprint density at radius 3 is 2.45 bits per heavy atom. The van der Waals surface area contributed by atoms with Crippen LogP contribution in [0.2, 0.25) is 0 Å². The van der Waals surface area contributed by atoms with E-state index in [4.69, 9.17) is 9.47 Å². The number of Topliss-reactive ketones (excluding diaryl/α,β-unsaturated/α-hetero) is 1. The molecule has 0 spiro atoms. The Bertz CT molecular complexity index is 552. The van der Waals surface area contributed by atoms with E-state index in [0.717, 1.165) is 6.07 Å². The number of ketones is 1. The number of carbonyl (C=O) groups excluding carboxylic acids is 2. The minimum absolute atomic E-state index is 0.0164. The predicted molar refractivity (Wildman–Crippen MR) is 70.0 cm³/mol. The number of nitrogens with zero attached hydrogens (tertiary/aromatic N) is 1. The first-order chi connectivity index (χ1) is 9.40. The summed E-state index contributed by atoms with van der Waals surface area (Å²) in [6.07, 6.45) is -0.136. The van der Waals surface area contributed by atoms with Crippen LogP contribution in [0, 0.1) is 10.1 Å². The fourth-order valence-electron chi connectivity index (χ4n) is 1.73. The van der Waals surface area contributed by atoms with Gasteiger partial charge >= 0.3 is 5.97 Å². The van der Waals surface area contributed by atoms with Gasteiger partial charge in [0.05, 0.1) is 29.8 Å². The van der Waals surface area contributed by atoms with Gasteiger partial charge in [-0.25, -0.2) is 4.79 Å². The van der Waals surface area contributed by atoms with E-state index < -0.39 is 10.9 Å². The average molecular weight is 281 g/mol. The van der Waals surface area contributed by atoms with Gasteiger partial charge in [0.1, 0.15) is 11.5 Å². The molecule has 7 nitrogen and oxygen atoms in total. The van der Waals surface area contributed by atoms with Gasteiger partial charge in [0, 0.05) is 12.5 Å². The molecule has 108 valence electrons. The van der Waals surface area contributed by atoms with Crippen molar-refractivity contribution in [2.75, 3.05) is 13.7 Å². The molecule has 1 rings (SSSR count). The van der Waals surface area contributed by atoms with Crippen molar-refractivity contribution in [3.8, 4) is 5.75 Å². The summed E-state index contributed by atoms with van der Waals surface area (Å²) in [4.78, 5) is 33.3. The molecule has 0 saturated carbocycles. The van der Waals surface area contributed by atoms with E-state index in [0.29, 0.717) is 0 Å². The Balaban J connectivity index is 3.41. The summed E-state index contributed by atoms with van der Waals surface area (Å²) >= 11 is 0. The monoisotopic (exact) mass is 281 g/mol. The summed E-state index contributed by atoms with van der Waals surface area (Å²) in [7, 11) is 1.32. The lowest BCUT2D eigenvalue weighted by Crippen LogP contribution is -2.09. The van der Waals surface area contributed by atoms with E-state index in [1.165, 1.54) is 20.1 Å². The number of hydrogen-bond donors (Lipinski definition) is 0. The highest BCUT2D eigenvalue weighted by Crippen LogP contribution is 2.31. The van der Waals surface area contributed by atoms with Crippen molar-refractivity contribution in [1.29, 1.82) is 0 Å². The number of hydrogen-bond acceptors (Lipinski definition) is 6. The van der Waals surface area contributed by atoms with Crippen molar-refractivity contribution >= 4 is 17.4 Å². The van der Waals surface area contributed by atoms with E-state index in [9.17, 15) is 19.7 Å². The maximum atomic E-state index is 11.7. The molecule has 1 aromatic rings. The van der Waals surface area contributed by atoms with Gasteiger partial charge in [0.25, 0.3) is 5.69 Å². The van der Waals surface area contributed by atoms with E-state index in [1.54, 1.807) is 6.92 Å². The number of benzene rings is 1. The molecule has 0 bridgehead atoms. The summed E-state index contributed by atoms with van der Waals surface area (Å²) < 4.78 is 9.84. The van der Waals surface area contributed by atoms with Gasteiger partial charge in [0.2, 0.25) is 0 Å². The molecule has 0 aliphatic rings. The highest BCUT2D eigenvalue weighted by molar-refractivity contribution is 5.92. The van der Waals surface area contributed by atoms with Crippen LogP contribution in [0.1, 0.15) is 29.8 Å². The highest BCUT2D eigenvalue weighted by atomic mass is 16.6. The van der Waals surface area contributed by atoms with Crippen LogP contribution in [0.25, 0.3) is 0 Å². The molecule has 0 atom stereocenters. The van der Waals surface area contributed by atoms with E-state index in [2.05, 4.69) is 0 Å². The first kappa shape index (κ1) is 15.6. The standard InChI is InChI=1S/C13H15NO6/c1-4-20-13(16)9-6-11(14(17)18)10(5-8(2)15)12(7-9)19-3/h6-7H,4-5H2,1-3H3. The van der Waals surface area contributed by atoms with Gasteiger partial charge in [-0.1, -0.05) is 0 Å². The quantitative estimate of drug-likeness (QED) is 0.449. The second-order valence-electron chi connectivity index (χ2n) is 4.03. The molecule has 0 unspecified atom stereocenters. The van der Waals surface area contributed by atoms with E-state index in [-0.39, 0.29) is 41.4 Å². The van der Waals surface area contributed by atoms with Crippen LogP contribution in [0.5, 0.6) is 5.75 Å². The number of methoxy groups -OCH3 is 1. The van der Waals surface area contributed by atoms with Crippen molar-refractivity contribution in [1.82, 2.24) is 0 Å². The molecular weight excluding hydrogens is 266 g/mol. The Kier molecular flexibility index (Phi) is 5.19. The Morgan fingerprint density at radius 1 is 1.35 bits per heavy atom. The molecule has 7 heteroatoms.